The molecular weight excluding hydrogens is 384 g/mol. The van der Waals surface area contributed by atoms with Crippen molar-refractivity contribution in [3.8, 4) is 5.69 Å². The molecule has 0 aliphatic rings. The van der Waals surface area contributed by atoms with Gasteiger partial charge >= 0.3 is 0 Å². The summed E-state index contributed by atoms with van der Waals surface area (Å²) < 4.78 is 1.97. The molecule has 0 radical (unpaired) electrons. The van der Waals surface area contributed by atoms with E-state index in [0.717, 1.165) is 29.1 Å². The molecular formula is C22H24N4O2S. The van der Waals surface area contributed by atoms with Crippen molar-refractivity contribution >= 4 is 23.5 Å². The van der Waals surface area contributed by atoms with Crippen molar-refractivity contribution in [3.05, 3.63) is 71.0 Å². The van der Waals surface area contributed by atoms with Crippen molar-refractivity contribution in [2.75, 3.05) is 12.3 Å². The molecule has 0 aliphatic heterocycles. The number of nitrogens with zero attached hydrogens (tertiary/aromatic N) is 3. The summed E-state index contributed by atoms with van der Waals surface area (Å²) in [6.45, 7) is 6.04. The van der Waals surface area contributed by atoms with Crippen molar-refractivity contribution in [3.63, 3.8) is 0 Å². The number of amides is 1. The molecule has 1 heterocycles. The van der Waals surface area contributed by atoms with E-state index < -0.39 is 0 Å². The summed E-state index contributed by atoms with van der Waals surface area (Å²) >= 11 is 1.39. The van der Waals surface area contributed by atoms with Gasteiger partial charge in [0.05, 0.1) is 5.75 Å². The fourth-order valence-electron chi connectivity index (χ4n) is 2.95. The highest BCUT2D eigenvalue weighted by Gasteiger charge is 2.14. The Morgan fingerprint density at radius 1 is 1.07 bits per heavy atom. The van der Waals surface area contributed by atoms with Gasteiger partial charge in [0.25, 0.3) is 0 Å². The van der Waals surface area contributed by atoms with Crippen LogP contribution in [-0.4, -0.2) is 38.8 Å². The molecule has 1 amide bonds. The highest BCUT2D eigenvalue weighted by molar-refractivity contribution is 7.99. The van der Waals surface area contributed by atoms with Gasteiger partial charge in [-0.1, -0.05) is 48.2 Å². The van der Waals surface area contributed by atoms with E-state index in [1.165, 1.54) is 18.7 Å². The van der Waals surface area contributed by atoms with Crippen molar-refractivity contribution < 1.29 is 9.59 Å². The minimum atomic E-state index is -0.0393. The Labute approximate surface area is 174 Å². The molecule has 6 nitrogen and oxygen atoms in total. The minimum Gasteiger partial charge on any atom is -0.356 e. The molecule has 1 aromatic heterocycles. The van der Waals surface area contributed by atoms with Crippen LogP contribution in [0.5, 0.6) is 0 Å². The summed E-state index contributed by atoms with van der Waals surface area (Å²) in [5.41, 5.74) is 3.89. The second-order valence-electron chi connectivity index (χ2n) is 6.85. The van der Waals surface area contributed by atoms with Gasteiger partial charge in [0.2, 0.25) is 5.91 Å². The predicted octanol–water partition coefficient (Wildman–Crippen LogP) is 3.54. The first kappa shape index (κ1) is 20.8. The SMILES string of the molecule is CC(=O)NCCc1ccc(C(=O)CSc2nnc(C)n2-c2cccc(C)c2)cc1. The summed E-state index contributed by atoms with van der Waals surface area (Å²) in [6.07, 6.45) is 0.738. The number of hydrogen-bond acceptors (Lipinski definition) is 5. The van der Waals surface area contributed by atoms with Gasteiger partial charge in [0, 0.05) is 24.7 Å². The smallest absolute Gasteiger partial charge is 0.216 e. The van der Waals surface area contributed by atoms with E-state index in [-0.39, 0.29) is 17.4 Å². The molecule has 0 bridgehead atoms. The van der Waals surface area contributed by atoms with Crippen LogP contribution in [0.15, 0.2) is 53.7 Å². The lowest BCUT2D eigenvalue weighted by atomic mass is 10.1. The van der Waals surface area contributed by atoms with Crippen molar-refractivity contribution in [1.82, 2.24) is 20.1 Å². The Morgan fingerprint density at radius 2 is 1.83 bits per heavy atom. The van der Waals surface area contributed by atoms with Crippen LogP contribution in [0, 0.1) is 13.8 Å². The topological polar surface area (TPSA) is 76.9 Å². The summed E-state index contributed by atoms with van der Waals surface area (Å²) in [5.74, 6) is 1.08. The first-order chi connectivity index (χ1) is 13.9. The molecule has 150 valence electrons. The Kier molecular flexibility index (Phi) is 6.82. The molecule has 0 aliphatic carbocycles. The lowest BCUT2D eigenvalue weighted by molar-refractivity contribution is -0.118. The number of benzene rings is 2. The first-order valence-electron chi connectivity index (χ1n) is 9.42. The maximum Gasteiger partial charge on any atom is 0.216 e. The molecule has 0 fully saturated rings. The molecule has 1 N–H and O–H groups in total. The number of aryl methyl sites for hydroxylation is 2. The maximum atomic E-state index is 12.6. The van der Waals surface area contributed by atoms with Crippen LogP contribution in [-0.2, 0) is 11.2 Å². The van der Waals surface area contributed by atoms with Crippen LogP contribution in [0.3, 0.4) is 0 Å². The molecule has 0 unspecified atom stereocenters. The zero-order valence-corrected chi connectivity index (χ0v) is 17.6. The van der Waals surface area contributed by atoms with E-state index in [4.69, 9.17) is 0 Å². The fourth-order valence-corrected chi connectivity index (χ4v) is 3.85. The third-order valence-electron chi connectivity index (χ3n) is 4.45. The Bertz CT molecular complexity index is 1010. The lowest BCUT2D eigenvalue weighted by Crippen LogP contribution is -2.22. The van der Waals surface area contributed by atoms with Gasteiger partial charge in [0.1, 0.15) is 5.82 Å². The second-order valence-corrected chi connectivity index (χ2v) is 7.79. The van der Waals surface area contributed by atoms with E-state index in [1.807, 2.05) is 60.9 Å². The molecule has 0 saturated heterocycles. The molecule has 2 aromatic carbocycles. The number of ketones is 1. The first-order valence-corrected chi connectivity index (χ1v) is 10.4. The van der Waals surface area contributed by atoms with Crippen molar-refractivity contribution in [1.29, 1.82) is 0 Å². The van der Waals surface area contributed by atoms with Crippen molar-refractivity contribution in [2.24, 2.45) is 0 Å². The van der Waals surface area contributed by atoms with Crippen LogP contribution in [0.25, 0.3) is 5.69 Å². The van der Waals surface area contributed by atoms with E-state index in [2.05, 4.69) is 21.6 Å². The minimum absolute atomic E-state index is 0.0393. The number of Topliss-reactive ketones (excluding diaryl/α,β-unsaturated/α-hetero) is 1. The van der Waals surface area contributed by atoms with Gasteiger partial charge in [-0.3, -0.25) is 14.2 Å². The Morgan fingerprint density at radius 3 is 2.52 bits per heavy atom. The van der Waals surface area contributed by atoms with Gasteiger partial charge < -0.3 is 5.32 Å². The summed E-state index contributed by atoms with van der Waals surface area (Å²) in [4.78, 5) is 23.5. The third-order valence-corrected chi connectivity index (χ3v) is 5.38. The summed E-state index contributed by atoms with van der Waals surface area (Å²) in [7, 11) is 0. The van der Waals surface area contributed by atoms with Gasteiger partial charge in [-0.2, -0.15) is 0 Å². The summed E-state index contributed by atoms with van der Waals surface area (Å²) in [5, 5.41) is 11.9. The van der Waals surface area contributed by atoms with E-state index in [1.54, 1.807) is 0 Å². The van der Waals surface area contributed by atoms with Gasteiger partial charge in [-0.25, -0.2) is 0 Å². The van der Waals surface area contributed by atoms with E-state index >= 15 is 0 Å². The van der Waals surface area contributed by atoms with Gasteiger partial charge in [0.15, 0.2) is 10.9 Å². The largest absolute Gasteiger partial charge is 0.356 e. The molecule has 0 atom stereocenters. The zero-order valence-electron chi connectivity index (χ0n) is 16.8. The third kappa shape index (κ3) is 5.54. The van der Waals surface area contributed by atoms with Gasteiger partial charge in [-0.05, 0) is 43.5 Å². The molecule has 0 spiro atoms. The molecule has 29 heavy (non-hydrogen) atoms. The number of hydrogen-bond donors (Lipinski definition) is 1. The van der Waals surface area contributed by atoms with Crippen LogP contribution in [0.1, 0.15) is 34.2 Å². The van der Waals surface area contributed by atoms with E-state index in [9.17, 15) is 9.59 Å². The number of carbonyl (C=O) groups is 2. The average molecular weight is 409 g/mol. The molecule has 7 heteroatoms. The highest BCUT2D eigenvalue weighted by atomic mass is 32.2. The number of aromatic nitrogens is 3. The quantitative estimate of drug-likeness (QED) is 0.456. The van der Waals surface area contributed by atoms with Crippen LogP contribution < -0.4 is 5.32 Å². The monoisotopic (exact) mass is 408 g/mol. The molecule has 3 aromatic rings. The number of nitrogens with one attached hydrogen (secondary N) is 1. The van der Waals surface area contributed by atoms with Crippen LogP contribution >= 0.6 is 11.8 Å². The normalized spacial score (nSPS) is 10.7. The lowest BCUT2D eigenvalue weighted by Gasteiger charge is -2.09. The predicted molar refractivity (Wildman–Crippen MR) is 115 cm³/mol. The highest BCUT2D eigenvalue weighted by Crippen LogP contribution is 2.23. The van der Waals surface area contributed by atoms with Crippen LogP contribution in [0.2, 0.25) is 0 Å². The van der Waals surface area contributed by atoms with E-state index in [0.29, 0.717) is 17.3 Å². The Balaban J connectivity index is 1.63. The number of thioether (sulfide) groups is 1. The average Bonchev–Trinajstić information content (AvgIpc) is 3.07. The second kappa shape index (κ2) is 9.52. The number of rotatable bonds is 8. The molecule has 3 rings (SSSR count). The van der Waals surface area contributed by atoms with Gasteiger partial charge in [-0.15, -0.1) is 10.2 Å². The maximum absolute atomic E-state index is 12.6. The van der Waals surface area contributed by atoms with Crippen molar-refractivity contribution in [2.45, 2.75) is 32.3 Å². The molecule has 0 saturated carbocycles. The zero-order chi connectivity index (χ0) is 20.8. The fraction of sp³-hybridized carbons (Fsp3) is 0.273. The summed E-state index contributed by atoms with van der Waals surface area (Å²) in [6, 6.07) is 15.6. The van der Waals surface area contributed by atoms with Crippen LogP contribution in [0.4, 0.5) is 0 Å². The standard InChI is InChI=1S/C22H24N4O2S/c1-15-5-4-6-20(13-15)26-16(2)24-25-22(26)29-14-21(28)19-9-7-18(8-10-19)11-12-23-17(3)27/h4-10,13H,11-12,14H2,1-3H3,(H,23,27). The number of carbonyl (C=O) groups excluding carboxylic acids is 2. The Hall–Kier alpha value is -2.93.